The zero-order valence-corrected chi connectivity index (χ0v) is 16.7. The molecule has 0 radical (unpaired) electrons. The molecule has 1 aliphatic heterocycles. The van der Waals surface area contributed by atoms with Crippen LogP contribution in [0.4, 0.5) is 4.39 Å². The van der Waals surface area contributed by atoms with Crippen LogP contribution in [0.2, 0.25) is 0 Å². The third-order valence-electron chi connectivity index (χ3n) is 5.87. The Labute approximate surface area is 177 Å². The van der Waals surface area contributed by atoms with Gasteiger partial charge in [-0.15, -0.1) is 0 Å². The van der Waals surface area contributed by atoms with Gasteiger partial charge >= 0.3 is 0 Å². The Morgan fingerprint density at radius 2 is 1.87 bits per heavy atom. The molecule has 5 rings (SSSR count). The Morgan fingerprint density at radius 1 is 1.13 bits per heavy atom. The van der Waals surface area contributed by atoms with Gasteiger partial charge in [0.25, 0.3) is 11.5 Å². The van der Waals surface area contributed by atoms with Crippen molar-refractivity contribution in [2.45, 2.75) is 25.3 Å². The van der Waals surface area contributed by atoms with Gasteiger partial charge in [0.1, 0.15) is 5.82 Å². The quantitative estimate of drug-likeness (QED) is 0.660. The van der Waals surface area contributed by atoms with Crippen molar-refractivity contribution in [2.75, 3.05) is 13.1 Å². The molecule has 2 fully saturated rings. The van der Waals surface area contributed by atoms with Crippen LogP contribution in [0.3, 0.4) is 0 Å². The summed E-state index contributed by atoms with van der Waals surface area (Å²) < 4.78 is 14.4. The summed E-state index contributed by atoms with van der Waals surface area (Å²) in [5, 5.41) is 10.8. The summed E-state index contributed by atoms with van der Waals surface area (Å²) in [5.41, 5.74) is 1.09. The van der Waals surface area contributed by atoms with Gasteiger partial charge in [-0.2, -0.15) is 5.10 Å². The lowest BCUT2D eigenvalue weighted by Gasteiger charge is -2.39. The fraction of sp³-hybridized carbons (Fsp3) is 0.304. The Hall–Kier alpha value is -3.55. The smallest absolute Gasteiger partial charge is 0.272 e. The standard InChI is InChI=1S/C23H21FN4O3/c24-19-8-5-13(10-20-16-3-1-2-4-17(16)22(30)27-26-20)9-18(19)23(31)28-11-15(12-28)25-21(29)14-6-7-14/h1-5,8-9,14-15H,6-7,10-12H2,(H,25,29)(H,27,30). The molecule has 158 valence electrons. The molecular weight excluding hydrogens is 399 g/mol. The van der Waals surface area contributed by atoms with E-state index in [1.807, 2.05) is 12.1 Å². The van der Waals surface area contributed by atoms with Gasteiger partial charge in [0, 0.05) is 30.8 Å². The van der Waals surface area contributed by atoms with Gasteiger partial charge in [0.15, 0.2) is 0 Å². The minimum atomic E-state index is -0.585. The van der Waals surface area contributed by atoms with E-state index in [0.29, 0.717) is 36.2 Å². The van der Waals surface area contributed by atoms with Crippen molar-refractivity contribution in [3.05, 3.63) is 75.5 Å². The number of amides is 2. The van der Waals surface area contributed by atoms with Gasteiger partial charge in [0.05, 0.1) is 22.7 Å². The third kappa shape index (κ3) is 3.81. The van der Waals surface area contributed by atoms with E-state index < -0.39 is 11.7 Å². The second-order valence-electron chi connectivity index (χ2n) is 8.23. The summed E-state index contributed by atoms with van der Waals surface area (Å²) in [4.78, 5) is 38.1. The molecule has 31 heavy (non-hydrogen) atoms. The minimum absolute atomic E-state index is 0.00167. The second-order valence-corrected chi connectivity index (χ2v) is 8.23. The summed E-state index contributed by atoms with van der Waals surface area (Å²) in [6, 6.07) is 11.5. The maximum Gasteiger partial charge on any atom is 0.272 e. The highest BCUT2D eigenvalue weighted by Crippen LogP contribution is 2.29. The zero-order chi connectivity index (χ0) is 21.5. The molecule has 2 heterocycles. The molecule has 1 saturated heterocycles. The molecule has 2 amide bonds. The molecule has 2 N–H and O–H groups in total. The number of aromatic nitrogens is 2. The van der Waals surface area contributed by atoms with Gasteiger partial charge in [0.2, 0.25) is 5.91 Å². The lowest BCUT2D eigenvalue weighted by molar-refractivity contribution is -0.123. The summed E-state index contributed by atoms with van der Waals surface area (Å²) >= 11 is 0. The van der Waals surface area contributed by atoms with E-state index in [9.17, 15) is 18.8 Å². The average Bonchev–Trinajstić information content (AvgIpc) is 3.59. The van der Waals surface area contributed by atoms with Crippen molar-refractivity contribution < 1.29 is 14.0 Å². The molecular formula is C23H21FN4O3. The number of benzene rings is 2. The first-order valence-electron chi connectivity index (χ1n) is 10.3. The number of likely N-dealkylation sites (tertiary alicyclic amines) is 1. The van der Waals surface area contributed by atoms with E-state index in [1.165, 1.54) is 17.0 Å². The summed E-state index contributed by atoms with van der Waals surface area (Å²) in [6.45, 7) is 0.764. The lowest BCUT2D eigenvalue weighted by Crippen LogP contribution is -2.61. The highest BCUT2D eigenvalue weighted by atomic mass is 19.1. The van der Waals surface area contributed by atoms with Crippen LogP contribution in [0.5, 0.6) is 0 Å². The van der Waals surface area contributed by atoms with Crippen LogP contribution < -0.4 is 10.9 Å². The van der Waals surface area contributed by atoms with Crippen LogP contribution in [0.1, 0.15) is 34.5 Å². The SMILES string of the molecule is O=C(NC1CN(C(=O)c2cc(Cc3n[nH]c(=O)c4ccccc34)ccc2F)C1)C1CC1. The number of carbonyl (C=O) groups excluding carboxylic acids is 2. The van der Waals surface area contributed by atoms with Crippen LogP contribution >= 0.6 is 0 Å². The number of H-pyrrole nitrogens is 1. The van der Waals surface area contributed by atoms with Crippen molar-refractivity contribution in [2.24, 2.45) is 5.92 Å². The van der Waals surface area contributed by atoms with Gasteiger partial charge in [-0.3, -0.25) is 14.4 Å². The number of nitrogens with zero attached hydrogens (tertiary/aromatic N) is 2. The highest BCUT2D eigenvalue weighted by molar-refractivity contribution is 5.95. The van der Waals surface area contributed by atoms with E-state index in [4.69, 9.17) is 0 Å². The normalized spacial score (nSPS) is 16.2. The Kier molecular flexibility index (Phi) is 4.77. The van der Waals surface area contributed by atoms with Crippen LogP contribution in [0.15, 0.2) is 47.3 Å². The second kappa shape index (κ2) is 7.61. The van der Waals surface area contributed by atoms with Crippen molar-refractivity contribution in [3.63, 3.8) is 0 Å². The number of aromatic amines is 1. The topological polar surface area (TPSA) is 95.2 Å². The van der Waals surface area contributed by atoms with Gasteiger partial charge < -0.3 is 10.2 Å². The van der Waals surface area contributed by atoms with E-state index in [0.717, 1.165) is 18.2 Å². The van der Waals surface area contributed by atoms with Crippen molar-refractivity contribution in [1.82, 2.24) is 20.4 Å². The molecule has 0 bridgehead atoms. The number of fused-ring (bicyclic) bond motifs is 1. The number of halogens is 1. The first kappa shape index (κ1) is 19.4. The number of hydrogen-bond donors (Lipinski definition) is 2. The minimum Gasteiger partial charge on any atom is -0.350 e. The van der Waals surface area contributed by atoms with Gasteiger partial charge in [-0.05, 0) is 36.6 Å². The molecule has 1 saturated carbocycles. The summed E-state index contributed by atoms with van der Waals surface area (Å²) in [7, 11) is 0. The highest BCUT2D eigenvalue weighted by Gasteiger charge is 2.37. The maximum atomic E-state index is 14.4. The molecule has 2 aromatic carbocycles. The molecule has 2 aliphatic rings. The third-order valence-corrected chi connectivity index (χ3v) is 5.87. The Bertz CT molecular complexity index is 1250. The molecule has 7 nitrogen and oxygen atoms in total. The van der Waals surface area contributed by atoms with Crippen molar-refractivity contribution >= 4 is 22.6 Å². The van der Waals surface area contributed by atoms with Gasteiger partial charge in [-0.25, -0.2) is 9.49 Å². The lowest BCUT2D eigenvalue weighted by atomic mass is 10.0. The molecule has 0 unspecified atom stereocenters. The van der Waals surface area contributed by atoms with Gasteiger partial charge in [-0.1, -0.05) is 24.3 Å². The number of hydrogen-bond acceptors (Lipinski definition) is 4. The first-order valence-corrected chi connectivity index (χ1v) is 10.3. The summed E-state index contributed by atoms with van der Waals surface area (Å²) in [5.74, 6) is -0.809. The number of rotatable bonds is 5. The zero-order valence-electron chi connectivity index (χ0n) is 16.7. The number of nitrogens with one attached hydrogen (secondary N) is 2. The Morgan fingerprint density at radius 3 is 2.61 bits per heavy atom. The molecule has 8 heteroatoms. The molecule has 0 atom stereocenters. The van der Waals surface area contributed by atoms with E-state index in [-0.39, 0.29) is 29.0 Å². The molecule has 0 spiro atoms. The fourth-order valence-corrected chi connectivity index (χ4v) is 3.92. The predicted molar refractivity (Wildman–Crippen MR) is 112 cm³/mol. The van der Waals surface area contributed by atoms with Crippen LogP contribution in [0.25, 0.3) is 10.8 Å². The molecule has 1 aromatic heterocycles. The van der Waals surface area contributed by atoms with Crippen molar-refractivity contribution in [1.29, 1.82) is 0 Å². The van der Waals surface area contributed by atoms with E-state index in [1.54, 1.807) is 18.2 Å². The predicted octanol–water partition coefficient (Wildman–Crippen LogP) is 2.00. The fourth-order valence-electron chi connectivity index (χ4n) is 3.92. The van der Waals surface area contributed by atoms with Crippen LogP contribution in [-0.2, 0) is 11.2 Å². The summed E-state index contributed by atoms with van der Waals surface area (Å²) in [6.07, 6.45) is 2.20. The first-order chi connectivity index (χ1) is 15.0. The molecule has 1 aliphatic carbocycles. The van der Waals surface area contributed by atoms with Crippen LogP contribution in [0, 0.1) is 11.7 Å². The molecule has 3 aromatic rings. The van der Waals surface area contributed by atoms with E-state index in [2.05, 4.69) is 15.5 Å². The maximum absolute atomic E-state index is 14.4. The van der Waals surface area contributed by atoms with Crippen molar-refractivity contribution in [3.8, 4) is 0 Å². The monoisotopic (exact) mass is 420 g/mol. The Balaban J connectivity index is 1.32. The average molecular weight is 420 g/mol. The van der Waals surface area contributed by atoms with Crippen LogP contribution in [-0.4, -0.2) is 46.0 Å². The van der Waals surface area contributed by atoms with E-state index >= 15 is 0 Å². The number of carbonyl (C=O) groups is 2. The largest absolute Gasteiger partial charge is 0.350 e.